The molecule has 1 fully saturated rings. The van der Waals surface area contributed by atoms with E-state index in [9.17, 15) is 9.18 Å². The maximum atomic E-state index is 13.5. The molecule has 1 saturated heterocycles. The van der Waals surface area contributed by atoms with Crippen molar-refractivity contribution in [2.24, 2.45) is 0 Å². The molecule has 3 rings (SSSR count). The number of likely N-dealkylation sites (tertiary alicyclic amines) is 1. The maximum absolute atomic E-state index is 13.5. The molecule has 0 saturated carbocycles. The van der Waals surface area contributed by atoms with Crippen LogP contribution in [0, 0.1) is 5.82 Å². The number of piperidine rings is 1. The SMILES string of the molecule is CC(C)(C)OC(=O)N1CCC(Oc2cccc3ncc(F)cc23)CC1. The molecule has 5 nitrogen and oxygen atoms in total. The zero-order valence-corrected chi connectivity index (χ0v) is 14.8. The normalized spacial score (nSPS) is 16.1. The number of halogens is 1. The summed E-state index contributed by atoms with van der Waals surface area (Å²) in [5.41, 5.74) is 0.204. The zero-order chi connectivity index (χ0) is 18.0. The van der Waals surface area contributed by atoms with Gasteiger partial charge in [0.25, 0.3) is 0 Å². The summed E-state index contributed by atoms with van der Waals surface area (Å²) < 4.78 is 25.0. The minimum atomic E-state index is -0.496. The summed E-state index contributed by atoms with van der Waals surface area (Å²) in [6, 6.07) is 6.93. The molecular weight excluding hydrogens is 323 g/mol. The first-order valence-electron chi connectivity index (χ1n) is 8.51. The van der Waals surface area contributed by atoms with E-state index >= 15 is 0 Å². The third kappa shape index (κ3) is 4.38. The third-order valence-electron chi connectivity index (χ3n) is 4.04. The molecule has 1 aromatic carbocycles. The lowest BCUT2D eigenvalue weighted by Crippen LogP contribution is -2.44. The summed E-state index contributed by atoms with van der Waals surface area (Å²) in [4.78, 5) is 17.9. The van der Waals surface area contributed by atoms with E-state index in [4.69, 9.17) is 9.47 Å². The Morgan fingerprint density at radius 1 is 1.28 bits per heavy atom. The third-order valence-corrected chi connectivity index (χ3v) is 4.04. The van der Waals surface area contributed by atoms with Gasteiger partial charge in [-0.2, -0.15) is 0 Å². The molecule has 0 bridgehead atoms. The van der Waals surface area contributed by atoms with E-state index in [0.29, 0.717) is 42.6 Å². The Labute approximate surface area is 146 Å². The van der Waals surface area contributed by atoms with Crippen LogP contribution >= 0.6 is 0 Å². The molecule has 25 heavy (non-hydrogen) atoms. The fraction of sp³-hybridized carbons (Fsp3) is 0.474. The summed E-state index contributed by atoms with van der Waals surface area (Å²) >= 11 is 0. The first-order chi connectivity index (χ1) is 11.8. The molecule has 0 N–H and O–H groups in total. The molecule has 0 unspecified atom stereocenters. The van der Waals surface area contributed by atoms with E-state index in [2.05, 4.69) is 4.98 Å². The number of nitrogens with zero attached hydrogens (tertiary/aromatic N) is 2. The summed E-state index contributed by atoms with van der Waals surface area (Å²) in [5, 5.41) is 0.664. The van der Waals surface area contributed by atoms with Gasteiger partial charge in [-0.15, -0.1) is 0 Å². The quantitative estimate of drug-likeness (QED) is 0.820. The molecule has 0 aliphatic carbocycles. The average molecular weight is 346 g/mol. The van der Waals surface area contributed by atoms with Crippen molar-refractivity contribution in [1.82, 2.24) is 9.88 Å². The molecule has 1 aliphatic rings. The van der Waals surface area contributed by atoms with Crippen LogP contribution < -0.4 is 4.74 Å². The molecule has 134 valence electrons. The van der Waals surface area contributed by atoms with Gasteiger partial charge < -0.3 is 14.4 Å². The Morgan fingerprint density at radius 3 is 2.68 bits per heavy atom. The van der Waals surface area contributed by atoms with E-state index in [1.807, 2.05) is 39.0 Å². The topological polar surface area (TPSA) is 51.7 Å². The van der Waals surface area contributed by atoms with Crippen molar-refractivity contribution in [3.05, 3.63) is 36.3 Å². The van der Waals surface area contributed by atoms with E-state index < -0.39 is 5.60 Å². The highest BCUT2D eigenvalue weighted by Crippen LogP contribution is 2.28. The van der Waals surface area contributed by atoms with Gasteiger partial charge in [-0.05, 0) is 39.0 Å². The number of amides is 1. The molecule has 0 spiro atoms. The second kappa shape index (κ2) is 6.86. The summed E-state index contributed by atoms with van der Waals surface area (Å²) in [5.74, 6) is 0.239. The van der Waals surface area contributed by atoms with Crippen LogP contribution in [-0.2, 0) is 4.74 Å². The summed E-state index contributed by atoms with van der Waals surface area (Å²) in [6.45, 7) is 6.73. The summed E-state index contributed by atoms with van der Waals surface area (Å²) in [6.07, 6.45) is 2.30. The highest BCUT2D eigenvalue weighted by Gasteiger charge is 2.27. The van der Waals surface area contributed by atoms with Crippen molar-refractivity contribution in [1.29, 1.82) is 0 Å². The maximum Gasteiger partial charge on any atom is 0.410 e. The van der Waals surface area contributed by atoms with Crippen molar-refractivity contribution >= 4 is 17.0 Å². The molecule has 2 heterocycles. The van der Waals surface area contributed by atoms with Crippen LogP contribution in [0.1, 0.15) is 33.6 Å². The number of pyridine rings is 1. The largest absolute Gasteiger partial charge is 0.490 e. The Bertz CT molecular complexity index is 765. The lowest BCUT2D eigenvalue weighted by molar-refractivity contribution is 0.0128. The second-order valence-corrected chi connectivity index (χ2v) is 7.26. The van der Waals surface area contributed by atoms with Gasteiger partial charge in [0, 0.05) is 31.3 Å². The number of aromatic nitrogens is 1. The van der Waals surface area contributed by atoms with Crippen LogP contribution in [0.2, 0.25) is 0 Å². The van der Waals surface area contributed by atoms with Gasteiger partial charge in [0.15, 0.2) is 0 Å². The molecule has 1 amide bonds. The number of rotatable bonds is 2. The lowest BCUT2D eigenvalue weighted by atomic mass is 10.1. The minimum Gasteiger partial charge on any atom is -0.490 e. The fourth-order valence-electron chi connectivity index (χ4n) is 2.86. The van der Waals surface area contributed by atoms with Gasteiger partial charge in [-0.1, -0.05) is 6.07 Å². The molecular formula is C19H23FN2O3. The van der Waals surface area contributed by atoms with Crippen LogP contribution in [0.5, 0.6) is 5.75 Å². The van der Waals surface area contributed by atoms with Crippen LogP contribution in [0.25, 0.3) is 10.9 Å². The predicted octanol–water partition coefficient (Wildman–Crippen LogP) is 4.15. The first-order valence-corrected chi connectivity index (χ1v) is 8.51. The summed E-state index contributed by atoms with van der Waals surface area (Å²) in [7, 11) is 0. The van der Waals surface area contributed by atoms with E-state index in [1.165, 1.54) is 12.3 Å². The van der Waals surface area contributed by atoms with Crippen LogP contribution in [0.15, 0.2) is 30.5 Å². The highest BCUT2D eigenvalue weighted by atomic mass is 19.1. The number of benzene rings is 1. The van der Waals surface area contributed by atoms with Crippen LogP contribution in [0.3, 0.4) is 0 Å². The second-order valence-electron chi connectivity index (χ2n) is 7.26. The monoisotopic (exact) mass is 346 g/mol. The van der Waals surface area contributed by atoms with Crippen LogP contribution in [0.4, 0.5) is 9.18 Å². The average Bonchev–Trinajstić information content (AvgIpc) is 2.54. The van der Waals surface area contributed by atoms with Crippen molar-refractivity contribution < 1.29 is 18.7 Å². The molecule has 1 aromatic heterocycles. The van der Waals surface area contributed by atoms with Gasteiger partial charge in [-0.3, -0.25) is 4.98 Å². The van der Waals surface area contributed by atoms with Crippen molar-refractivity contribution in [2.75, 3.05) is 13.1 Å². The molecule has 2 aromatic rings. The van der Waals surface area contributed by atoms with Crippen LogP contribution in [-0.4, -0.2) is 40.8 Å². The van der Waals surface area contributed by atoms with Gasteiger partial charge in [-0.25, -0.2) is 9.18 Å². The lowest BCUT2D eigenvalue weighted by Gasteiger charge is -2.33. The van der Waals surface area contributed by atoms with Gasteiger partial charge in [0.2, 0.25) is 0 Å². The molecule has 0 atom stereocenters. The molecule has 1 aliphatic heterocycles. The number of carbonyl (C=O) groups is 1. The zero-order valence-electron chi connectivity index (χ0n) is 14.8. The number of ether oxygens (including phenoxy) is 2. The van der Waals surface area contributed by atoms with E-state index in [0.717, 1.165) is 0 Å². The minimum absolute atomic E-state index is 0.0208. The van der Waals surface area contributed by atoms with Crippen molar-refractivity contribution in [3.8, 4) is 5.75 Å². The van der Waals surface area contributed by atoms with Gasteiger partial charge >= 0.3 is 6.09 Å². The fourth-order valence-corrected chi connectivity index (χ4v) is 2.86. The molecule has 0 radical (unpaired) electrons. The Kier molecular flexibility index (Phi) is 4.79. The number of fused-ring (bicyclic) bond motifs is 1. The van der Waals surface area contributed by atoms with Crippen molar-refractivity contribution in [3.63, 3.8) is 0 Å². The van der Waals surface area contributed by atoms with Crippen molar-refractivity contribution in [2.45, 2.75) is 45.3 Å². The number of hydrogen-bond donors (Lipinski definition) is 0. The highest BCUT2D eigenvalue weighted by molar-refractivity contribution is 5.84. The first kappa shape index (κ1) is 17.5. The predicted molar refractivity (Wildman–Crippen MR) is 93.2 cm³/mol. The Balaban J connectivity index is 1.63. The Morgan fingerprint density at radius 2 is 2.00 bits per heavy atom. The molecule has 6 heteroatoms. The smallest absolute Gasteiger partial charge is 0.410 e. The van der Waals surface area contributed by atoms with Gasteiger partial charge in [0.1, 0.15) is 23.3 Å². The van der Waals surface area contributed by atoms with E-state index in [1.54, 1.807) is 4.90 Å². The van der Waals surface area contributed by atoms with E-state index in [-0.39, 0.29) is 18.0 Å². The number of carbonyl (C=O) groups excluding carboxylic acids is 1. The van der Waals surface area contributed by atoms with Gasteiger partial charge in [0.05, 0.1) is 11.7 Å². The number of hydrogen-bond acceptors (Lipinski definition) is 4. The Hall–Kier alpha value is -2.37. The standard InChI is InChI=1S/C19H23FN2O3/c1-19(2,3)25-18(23)22-9-7-14(8-10-22)24-17-6-4-5-16-15(17)11-13(20)12-21-16/h4-6,11-12,14H,7-10H2,1-3H3.